The lowest BCUT2D eigenvalue weighted by atomic mass is 9.98. The normalized spacial score (nSPS) is 12.2. The monoisotopic (exact) mass is 203 g/mol. The van der Waals surface area contributed by atoms with Crippen molar-refractivity contribution in [3.63, 3.8) is 0 Å². The highest BCUT2D eigenvalue weighted by atomic mass is 15.0. The summed E-state index contributed by atoms with van der Waals surface area (Å²) < 4.78 is 0. The van der Waals surface area contributed by atoms with Crippen LogP contribution in [-0.4, -0.2) is 11.5 Å². The van der Waals surface area contributed by atoms with E-state index in [9.17, 15) is 0 Å². The zero-order valence-corrected chi connectivity index (χ0v) is 9.49. The maximum Gasteiger partial charge on any atom is 0.142 e. The first-order chi connectivity index (χ1) is 7.13. The van der Waals surface area contributed by atoms with E-state index in [0.29, 0.717) is 17.5 Å². The number of nitrogens with zero attached hydrogens (tertiary/aromatic N) is 2. The predicted octanol–water partition coefficient (Wildman–Crippen LogP) is 2.66. The highest BCUT2D eigenvalue weighted by Crippen LogP contribution is 2.11. The number of anilines is 1. The minimum atomic E-state index is 0.456. The summed E-state index contributed by atoms with van der Waals surface area (Å²) in [4.78, 5) is 4.15. The number of nitrogens with one attached hydrogen (secondary N) is 1. The summed E-state index contributed by atoms with van der Waals surface area (Å²) in [5.41, 5.74) is 0.456. The molecular formula is C12H17N3. The van der Waals surface area contributed by atoms with Gasteiger partial charge in [0.25, 0.3) is 0 Å². The Kier molecular flexibility index (Phi) is 4.11. The van der Waals surface area contributed by atoms with Crippen molar-refractivity contribution in [2.24, 2.45) is 11.8 Å². The molecule has 1 rings (SSSR count). The van der Waals surface area contributed by atoms with Gasteiger partial charge in [-0.1, -0.05) is 26.8 Å². The number of pyridine rings is 1. The third-order valence-corrected chi connectivity index (χ3v) is 2.61. The van der Waals surface area contributed by atoms with Gasteiger partial charge in [0, 0.05) is 6.54 Å². The van der Waals surface area contributed by atoms with Crippen molar-refractivity contribution in [1.82, 2.24) is 4.98 Å². The minimum Gasteiger partial charge on any atom is -0.370 e. The summed E-state index contributed by atoms with van der Waals surface area (Å²) in [5.74, 6) is 2.02. The van der Waals surface area contributed by atoms with Gasteiger partial charge in [0.1, 0.15) is 17.6 Å². The zero-order valence-electron chi connectivity index (χ0n) is 9.49. The van der Waals surface area contributed by atoms with Crippen LogP contribution in [0.5, 0.6) is 0 Å². The van der Waals surface area contributed by atoms with Gasteiger partial charge < -0.3 is 5.32 Å². The zero-order chi connectivity index (χ0) is 11.3. The first-order valence-electron chi connectivity index (χ1n) is 5.24. The van der Waals surface area contributed by atoms with Gasteiger partial charge in [0.05, 0.1) is 0 Å². The van der Waals surface area contributed by atoms with E-state index in [2.05, 4.69) is 31.1 Å². The Morgan fingerprint density at radius 2 is 2.13 bits per heavy atom. The van der Waals surface area contributed by atoms with E-state index < -0.39 is 0 Å². The van der Waals surface area contributed by atoms with Crippen LogP contribution in [-0.2, 0) is 0 Å². The molecule has 80 valence electrons. The summed E-state index contributed by atoms with van der Waals surface area (Å²) in [6, 6.07) is 7.46. The van der Waals surface area contributed by atoms with Gasteiger partial charge in [-0.3, -0.25) is 0 Å². The largest absolute Gasteiger partial charge is 0.370 e. The van der Waals surface area contributed by atoms with Crippen molar-refractivity contribution in [2.45, 2.75) is 20.8 Å². The Labute approximate surface area is 91.1 Å². The standard InChI is InChI=1S/C12H17N3/c1-9(2)10(3)8-14-12-6-4-5-11(7-13)15-12/h4-6,9-10H,8H2,1-3H3,(H,14,15). The average Bonchev–Trinajstić information content (AvgIpc) is 2.26. The summed E-state index contributed by atoms with van der Waals surface area (Å²) >= 11 is 0. The van der Waals surface area contributed by atoms with Gasteiger partial charge in [-0.05, 0) is 24.0 Å². The molecular weight excluding hydrogens is 186 g/mol. The Balaban J connectivity index is 2.55. The molecule has 0 radical (unpaired) electrons. The van der Waals surface area contributed by atoms with E-state index in [1.165, 1.54) is 0 Å². The molecule has 1 aromatic rings. The maximum absolute atomic E-state index is 8.69. The third-order valence-electron chi connectivity index (χ3n) is 2.61. The van der Waals surface area contributed by atoms with Crippen LogP contribution in [0.2, 0.25) is 0 Å². The average molecular weight is 203 g/mol. The highest BCUT2D eigenvalue weighted by Gasteiger charge is 2.06. The first-order valence-corrected chi connectivity index (χ1v) is 5.24. The molecule has 0 fully saturated rings. The van der Waals surface area contributed by atoms with Gasteiger partial charge in [-0.15, -0.1) is 0 Å². The van der Waals surface area contributed by atoms with Gasteiger partial charge in [-0.25, -0.2) is 4.98 Å². The molecule has 15 heavy (non-hydrogen) atoms. The van der Waals surface area contributed by atoms with Crippen LogP contribution >= 0.6 is 0 Å². The molecule has 0 spiro atoms. The van der Waals surface area contributed by atoms with E-state index in [0.717, 1.165) is 12.4 Å². The second-order valence-electron chi connectivity index (χ2n) is 4.12. The Morgan fingerprint density at radius 1 is 1.40 bits per heavy atom. The fourth-order valence-corrected chi connectivity index (χ4v) is 1.10. The molecule has 0 amide bonds. The maximum atomic E-state index is 8.69. The minimum absolute atomic E-state index is 0.456. The fraction of sp³-hybridized carbons (Fsp3) is 0.500. The summed E-state index contributed by atoms with van der Waals surface area (Å²) in [7, 11) is 0. The van der Waals surface area contributed by atoms with Crippen molar-refractivity contribution >= 4 is 5.82 Å². The molecule has 1 atom stereocenters. The van der Waals surface area contributed by atoms with Crippen LogP contribution in [0, 0.1) is 23.2 Å². The summed E-state index contributed by atoms with van der Waals surface area (Å²) in [6.45, 7) is 7.49. The first kappa shape index (κ1) is 11.5. The van der Waals surface area contributed by atoms with E-state index in [1.54, 1.807) is 6.07 Å². The van der Waals surface area contributed by atoms with E-state index in [-0.39, 0.29) is 0 Å². The fourth-order valence-electron chi connectivity index (χ4n) is 1.10. The molecule has 0 aromatic carbocycles. The lowest BCUT2D eigenvalue weighted by Gasteiger charge is -2.16. The number of rotatable bonds is 4. The molecule has 1 aromatic heterocycles. The molecule has 0 aliphatic carbocycles. The van der Waals surface area contributed by atoms with E-state index >= 15 is 0 Å². The molecule has 0 saturated carbocycles. The van der Waals surface area contributed by atoms with E-state index in [4.69, 9.17) is 5.26 Å². The molecule has 1 heterocycles. The van der Waals surface area contributed by atoms with Gasteiger partial charge in [0.15, 0.2) is 0 Å². The Morgan fingerprint density at radius 3 is 2.73 bits per heavy atom. The van der Waals surface area contributed by atoms with Crippen LogP contribution in [0.25, 0.3) is 0 Å². The number of aromatic nitrogens is 1. The molecule has 3 nitrogen and oxygen atoms in total. The number of hydrogen-bond donors (Lipinski definition) is 1. The van der Waals surface area contributed by atoms with Crippen LogP contribution in [0.15, 0.2) is 18.2 Å². The lowest BCUT2D eigenvalue weighted by Crippen LogP contribution is -2.16. The van der Waals surface area contributed by atoms with Gasteiger partial charge in [0.2, 0.25) is 0 Å². The molecule has 3 heteroatoms. The van der Waals surface area contributed by atoms with Crippen LogP contribution in [0.3, 0.4) is 0 Å². The van der Waals surface area contributed by atoms with E-state index in [1.807, 2.05) is 18.2 Å². The van der Waals surface area contributed by atoms with Crippen LogP contribution in [0.1, 0.15) is 26.5 Å². The third kappa shape index (κ3) is 3.59. The number of nitriles is 1. The predicted molar refractivity (Wildman–Crippen MR) is 61.4 cm³/mol. The lowest BCUT2D eigenvalue weighted by molar-refractivity contribution is 0.439. The summed E-state index contributed by atoms with van der Waals surface area (Å²) in [6.07, 6.45) is 0. The molecule has 0 saturated heterocycles. The number of hydrogen-bond acceptors (Lipinski definition) is 3. The Hall–Kier alpha value is -1.56. The summed E-state index contributed by atoms with van der Waals surface area (Å²) in [5, 5.41) is 11.9. The SMILES string of the molecule is CC(C)C(C)CNc1cccc(C#N)n1. The second kappa shape index (κ2) is 5.35. The van der Waals surface area contributed by atoms with Crippen molar-refractivity contribution in [3.8, 4) is 6.07 Å². The molecule has 1 N–H and O–H groups in total. The van der Waals surface area contributed by atoms with Crippen molar-refractivity contribution in [3.05, 3.63) is 23.9 Å². The van der Waals surface area contributed by atoms with Crippen molar-refractivity contribution < 1.29 is 0 Å². The van der Waals surface area contributed by atoms with Crippen molar-refractivity contribution in [2.75, 3.05) is 11.9 Å². The van der Waals surface area contributed by atoms with Gasteiger partial charge in [-0.2, -0.15) is 5.26 Å². The molecule has 0 bridgehead atoms. The quantitative estimate of drug-likeness (QED) is 0.818. The smallest absolute Gasteiger partial charge is 0.142 e. The molecule has 0 aliphatic rings. The van der Waals surface area contributed by atoms with Crippen LogP contribution in [0.4, 0.5) is 5.82 Å². The topological polar surface area (TPSA) is 48.7 Å². The highest BCUT2D eigenvalue weighted by molar-refractivity contribution is 5.38. The molecule has 1 unspecified atom stereocenters. The van der Waals surface area contributed by atoms with Crippen LogP contribution < -0.4 is 5.32 Å². The van der Waals surface area contributed by atoms with Gasteiger partial charge >= 0.3 is 0 Å². The molecule has 0 aliphatic heterocycles. The Bertz CT molecular complexity index is 352. The second-order valence-corrected chi connectivity index (χ2v) is 4.12. The van der Waals surface area contributed by atoms with Crippen molar-refractivity contribution in [1.29, 1.82) is 5.26 Å².